The van der Waals surface area contributed by atoms with Gasteiger partial charge in [0, 0.05) is 21.7 Å². The van der Waals surface area contributed by atoms with E-state index in [4.69, 9.17) is 10.6 Å². The van der Waals surface area contributed by atoms with E-state index in [0.717, 1.165) is 0 Å². The normalized spacial score (nSPS) is 12.2. The molecule has 2 aromatic carbocycles. The van der Waals surface area contributed by atoms with Gasteiger partial charge in [0.2, 0.25) is 0 Å². The number of halogens is 3. The summed E-state index contributed by atoms with van der Waals surface area (Å²) in [7, 11) is 1.45. The first-order valence-electron chi connectivity index (χ1n) is 5.81. The highest BCUT2D eigenvalue weighted by molar-refractivity contribution is 9.10. The smallest absolute Gasteiger partial charge is 0.132 e. The van der Waals surface area contributed by atoms with Crippen molar-refractivity contribution in [2.45, 2.75) is 6.04 Å². The highest BCUT2D eigenvalue weighted by Crippen LogP contribution is 2.29. The molecule has 6 heteroatoms. The van der Waals surface area contributed by atoms with Crippen molar-refractivity contribution < 1.29 is 13.5 Å². The summed E-state index contributed by atoms with van der Waals surface area (Å²) < 4.78 is 33.6. The minimum atomic E-state index is -0.783. The molecule has 106 valence electrons. The Morgan fingerprint density at radius 2 is 1.70 bits per heavy atom. The van der Waals surface area contributed by atoms with Gasteiger partial charge in [-0.1, -0.05) is 28.1 Å². The van der Waals surface area contributed by atoms with E-state index in [9.17, 15) is 8.78 Å². The highest BCUT2D eigenvalue weighted by atomic mass is 79.9. The van der Waals surface area contributed by atoms with Crippen molar-refractivity contribution in [3.05, 3.63) is 63.6 Å². The number of nitrogens with one attached hydrogen (secondary N) is 1. The van der Waals surface area contributed by atoms with Gasteiger partial charge in [-0.3, -0.25) is 5.84 Å². The molecule has 1 unspecified atom stereocenters. The van der Waals surface area contributed by atoms with Crippen molar-refractivity contribution in [1.82, 2.24) is 5.43 Å². The molecule has 0 bridgehead atoms. The van der Waals surface area contributed by atoms with Crippen LogP contribution in [0.15, 0.2) is 40.9 Å². The van der Waals surface area contributed by atoms with Gasteiger partial charge in [-0.05, 0) is 18.2 Å². The lowest BCUT2D eigenvalue weighted by Gasteiger charge is -2.18. The van der Waals surface area contributed by atoms with Crippen molar-refractivity contribution in [3.8, 4) is 5.75 Å². The average Bonchev–Trinajstić information content (AvgIpc) is 2.43. The molecule has 0 fully saturated rings. The van der Waals surface area contributed by atoms with Crippen molar-refractivity contribution >= 4 is 15.9 Å². The molecule has 0 radical (unpaired) electrons. The number of hydrazine groups is 1. The Bertz CT molecular complexity index is 622. The predicted molar refractivity (Wildman–Crippen MR) is 76.2 cm³/mol. The number of methoxy groups -OCH3 is 1. The first kappa shape index (κ1) is 14.9. The number of rotatable bonds is 4. The molecular weight excluding hydrogens is 330 g/mol. The van der Waals surface area contributed by atoms with E-state index in [1.165, 1.54) is 25.3 Å². The Balaban J connectivity index is 2.47. The van der Waals surface area contributed by atoms with Crippen LogP contribution >= 0.6 is 15.9 Å². The summed E-state index contributed by atoms with van der Waals surface area (Å²) in [6, 6.07) is 8.09. The molecule has 0 heterocycles. The van der Waals surface area contributed by atoms with Gasteiger partial charge in [-0.25, -0.2) is 14.2 Å². The van der Waals surface area contributed by atoms with E-state index in [2.05, 4.69) is 21.4 Å². The van der Waals surface area contributed by atoms with Gasteiger partial charge in [0.15, 0.2) is 0 Å². The number of benzene rings is 2. The second kappa shape index (κ2) is 6.30. The third-order valence-electron chi connectivity index (χ3n) is 2.96. The molecule has 0 aromatic heterocycles. The third kappa shape index (κ3) is 2.98. The van der Waals surface area contributed by atoms with Crippen LogP contribution in [0.3, 0.4) is 0 Å². The largest absolute Gasteiger partial charge is 0.497 e. The topological polar surface area (TPSA) is 47.3 Å². The fraction of sp³-hybridized carbons (Fsp3) is 0.143. The Hall–Kier alpha value is -1.50. The van der Waals surface area contributed by atoms with Gasteiger partial charge in [0.1, 0.15) is 17.4 Å². The molecule has 0 saturated heterocycles. The summed E-state index contributed by atoms with van der Waals surface area (Å²) in [6.07, 6.45) is 0. The van der Waals surface area contributed by atoms with Crippen LogP contribution in [0.5, 0.6) is 5.75 Å². The Morgan fingerprint density at radius 1 is 1.10 bits per heavy atom. The van der Waals surface area contributed by atoms with Crippen molar-refractivity contribution in [2.24, 2.45) is 5.84 Å². The lowest BCUT2D eigenvalue weighted by molar-refractivity contribution is 0.410. The third-order valence-corrected chi connectivity index (χ3v) is 3.45. The minimum absolute atomic E-state index is 0.245. The molecule has 20 heavy (non-hydrogen) atoms. The summed E-state index contributed by atoms with van der Waals surface area (Å²) in [5, 5.41) is 0. The van der Waals surface area contributed by atoms with Crippen molar-refractivity contribution in [2.75, 3.05) is 7.11 Å². The van der Waals surface area contributed by atoms with Crippen LogP contribution in [0, 0.1) is 11.6 Å². The molecule has 0 saturated carbocycles. The Labute approximate surface area is 123 Å². The van der Waals surface area contributed by atoms with E-state index >= 15 is 0 Å². The Morgan fingerprint density at radius 3 is 2.20 bits per heavy atom. The van der Waals surface area contributed by atoms with Crippen LogP contribution in [-0.4, -0.2) is 7.11 Å². The van der Waals surface area contributed by atoms with E-state index in [1.54, 1.807) is 18.2 Å². The van der Waals surface area contributed by atoms with Crippen LogP contribution in [0.2, 0.25) is 0 Å². The van der Waals surface area contributed by atoms with Gasteiger partial charge in [-0.2, -0.15) is 0 Å². The fourth-order valence-corrected chi connectivity index (χ4v) is 2.28. The van der Waals surface area contributed by atoms with Crippen LogP contribution in [-0.2, 0) is 0 Å². The molecule has 2 rings (SSSR count). The maximum Gasteiger partial charge on any atom is 0.132 e. The molecule has 0 aliphatic heterocycles. The zero-order valence-corrected chi connectivity index (χ0v) is 12.2. The first-order valence-corrected chi connectivity index (χ1v) is 6.60. The minimum Gasteiger partial charge on any atom is -0.497 e. The molecule has 0 aliphatic rings. The summed E-state index contributed by atoms with van der Waals surface area (Å²) in [5.41, 5.74) is 2.95. The van der Waals surface area contributed by atoms with Crippen molar-refractivity contribution in [3.63, 3.8) is 0 Å². The van der Waals surface area contributed by atoms with Gasteiger partial charge in [-0.15, -0.1) is 0 Å². The fourth-order valence-electron chi connectivity index (χ4n) is 1.95. The summed E-state index contributed by atoms with van der Waals surface area (Å²) in [4.78, 5) is 0. The van der Waals surface area contributed by atoms with Crippen LogP contribution < -0.4 is 16.0 Å². The first-order chi connectivity index (χ1) is 9.56. The second-order valence-electron chi connectivity index (χ2n) is 4.15. The van der Waals surface area contributed by atoms with Gasteiger partial charge >= 0.3 is 0 Å². The number of ether oxygens (including phenoxy) is 1. The SMILES string of the molecule is COc1ccc(C(NN)c2ccc(Br)cc2F)c(F)c1. The van der Waals surface area contributed by atoms with E-state index in [1.807, 2.05) is 0 Å². The number of hydrogen-bond acceptors (Lipinski definition) is 3. The maximum atomic E-state index is 14.1. The van der Waals surface area contributed by atoms with Gasteiger partial charge in [0.25, 0.3) is 0 Å². The molecule has 2 aromatic rings. The van der Waals surface area contributed by atoms with Gasteiger partial charge < -0.3 is 4.74 Å². The van der Waals surface area contributed by atoms with Gasteiger partial charge in [0.05, 0.1) is 13.2 Å². The molecule has 3 N–H and O–H groups in total. The van der Waals surface area contributed by atoms with E-state index in [-0.39, 0.29) is 11.1 Å². The lowest BCUT2D eigenvalue weighted by atomic mass is 9.98. The predicted octanol–water partition coefficient (Wildman–Crippen LogP) is 3.29. The van der Waals surface area contributed by atoms with E-state index < -0.39 is 17.7 Å². The summed E-state index contributed by atoms with van der Waals surface area (Å²) >= 11 is 3.17. The molecule has 3 nitrogen and oxygen atoms in total. The van der Waals surface area contributed by atoms with Crippen LogP contribution in [0.4, 0.5) is 8.78 Å². The van der Waals surface area contributed by atoms with E-state index in [0.29, 0.717) is 10.2 Å². The monoisotopic (exact) mass is 342 g/mol. The van der Waals surface area contributed by atoms with Crippen LogP contribution in [0.1, 0.15) is 17.2 Å². The number of hydrogen-bond donors (Lipinski definition) is 2. The average molecular weight is 343 g/mol. The highest BCUT2D eigenvalue weighted by Gasteiger charge is 2.20. The quantitative estimate of drug-likeness (QED) is 0.662. The molecule has 0 amide bonds. The summed E-state index contributed by atoms with van der Waals surface area (Å²) in [6.45, 7) is 0. The number of nitrogens with two attached hydrogens (primary N) is 1. The summed E-state index contributed by atoms with van der Waals surface area (Å²) in [5.74, 6) is 4.85. The van der Waals surface area contributed by atoms with Crippen LogP contribution in [0.25, 0.3) is 0 Å². The lowest BCUT2D eigenvalue weighted by Crippen LogP contribution is -2.30. The zero-order valence-electron chi connectivity index (χ0n) is 10.7. The molecular formula is C14H13BrF2N2O. The standard InChI is InChI=1S/C14H13BrF2N2O/c1-20-9-3-5-11(13(17)7-9)14(19-18)10-4-2-8(15)6-12(10)16/h2-7,14,19H,18H2,1H3. The second-order valence-corrected chi connectivity index (χ2v) is 5.07. The molecule has 0 aliphatic carbocycles. The maximum absolute atomic E-state index is 14.1. The zero-order chi connectivity index (χ0) is 14.7. The van der Waals surface area contributed by atoms with Crippen molar-refractivity contribution in [1.29, 1.82) is 0 Å². The molecule has 0 spiro atoms. The Kier molecular flexibility index (Phi) is 4.69. The molecule has 1 atom stereocenters.